The van der Waals surface area contributed by atoms with Crippen LogP contribution in [0.3, 0.4) is 0 Å². The smallest absolute Gasteiger partial charge is 0.191 e. The van der Waals surface area contributed by atoms with Gasteiger partial charge in [-0.3, -0.25) is 0 Å². The van der Waals surface area contributed by atoms with Crippen molar-refractivity contribution in [3.05, 3.63) is 35.6 Å². The lowest BCUT2D eigenvalue weighted by atomic mass is 10.2. The molecule has 0 saturated heterocycles. The molecule has 0 saturated carbocycles. The zero-order valence-electron chi connectivity index (χ0n) is 14.1. The van der Waals surface area contributed by atoms with Gasteiger partial charge in [0.25, 0.3) is 0 Å². The normalized spacial score (nSPS) is 11.5. The van der Waals surface area contributed by atoms with E-state index >= 15 is 0 Å². The van der Waals surface area contributed by atoms with Gasteiger partial charge in [0.05, 0.1) is 19.8 Å². The highest BCUT2D eigenvalue weighted by Gasteiger charge is 1.98. The van der Waals surface area contributed by atoms with Crippen molar-refractivity contribution >= 4 is 5.96 Å². The monoisotopic (exact) mass is 325 g/mol. The molecular weight excluding hydrogens is 297 g/mol. The van der Waals surface area contributed by atoms with Gasteiger partial charge in [-0.05, 0) is 37.5 Å². The van der Waals surface area contributed by atoms with E-state index in [0.717, 1.165) is 44.1 Å². The molecule has 0 radical (unpaired) electrons. The lowest BCUT2D eigenvalue weighted by Gasteiger charge is -2.11. The van der Waals surface area contributed by atoms with Crippen molar-refractivity contribution in [1.29, 1.82) is 0 Å². The lowest BCUT2D eigenvalue weighted by Crippen LogP contribution is -2.37. The quantitative estimate of drug-likeness (QED) is 0.372. The highest BCUT2D eigenvalue weighted by atomic mass is 19.1. The van der Waals surface area contributed by atoms with Crippen molar-refractivity contribution in [2.24, 2.45) is 4.99 Å². The predicted octanol–water partition coefficient (Wildman–Crippen LogP) is 2.32. The van der Waals surface area contributed by atoms with E-state index in [-0.39, 0.29) is 5.82 Å². The number of hydrogen-bond acceptors (Lipinski definition) is 3. The number of methoxy groups -OCH3 is 1. The van der Waals surface area contributed by atoms with E-state index in [2.05, 4.69) is 15.6 Å². The third-order valence-electron chi connectivity index (χ3n) is 3.12. The van der Waals surface area contributed by atoms with Gasteiger partial charge in [0.1, 0.15) is 5.82 Å². The molecule has 0 aromatic heterocycles. The summed E-state index contributed by atoms with van der Waals surface area (Å²) in [6.07, 6.45) is 2.00. The lowest BCUT2D eigenvalue weighted by molar-refractivity contribution is 0.0689. The van der Waals surface area contributed by atoms with Gasteiger partial charge in [0, 0.05) is 26.8 Å². The third kappa shape index (κ3) is 9.86. The van der Waals surface area contributed by atoms with Crippen LogP contribution in [0.15, 0.2) is 29.3 Å². The van der Waals surface area contributed by atoms with E-state index in [4.69, 9.17) is 9.47 Å². The van der Waals surface area contributed by atoms with Crippen LogP contribution < -0.4 is 10.6 Å². The first-order valence-electron chi connectivity index (χ1n) is 8.09. The third-order valence-corrected chi connectivity index (χ3v) is 3.12. The summed E-state index contributed by atoms with van der Waals surface area (Å²) < 4.78 is 23.2. The Hall–Kier alpha value is -1.66. The number of guanidine groups is 1. The van der Waals surface area contributed by atoms with Gasteiger partial charge >= 0.3 is 0 Å². The molecule has 0 aliphatic carbocycles. The zero-order chi connectivity index (χ0) is 16.8. The maximum Gasteiger partial charge on any atom is 0.191 e. The number of halogens is 1. The Morgan fingerprint density at radius 2 is 1.87 bits per heavy atom. The van der Waals surface area contributed by atoms with Crippen LogP contribution >= 0.6 is 0 Å². The Balaban J connectivity index is 2.23. The molecule has 5 nitrogen and oxygen atoms in total. The number of benzene rings is 1. The largest absolute Gasteiger partial charge is 0.382 e. The second-order valence-corrected chi connectivity index (χ2v) is 5.06. The second kappa shape index (κ2) is 12.8. The first kappa shape index (κ1) is 19.4. The summed E-state index contributed by atoms with van der Waals surface area (Å²) in [5.74, 6) is 0.549. The summed E-state index contributed by atoms with van der Waals surface area (Å²) in [7, 11) is 1.67. The molecule has 1 aromatic rings. The minimum absolute atomic E-state index is 0.226. The topological polar surface area (TPSA) is 54.9 Å². The van der Waals surface area contributed by atoms with Crippen molar-refractivity contribution < 1.29 is 13.9 Å². The molecule has 6 heteroatoms. The molecule has 0 aliphatic rings. The Morgan fingerprint density at radius 3 is 2.57 bits per heavy atom. The van der Waals surface area contributed by atoms with Gasteiger partial charge in [0.15, 0.2) is 5.96 Å². The van der Waals surface area contributed by atoms with Gasteiger partial charge in [-0.25, -0.2) is 9.38 Å². The summed E-state index contributed by atoms with van der Waals surface area (Å²) in [4.78, 5) is 4.50. The summed E-state index contributed by atoms with van der Waals surface area (Å²) >= 11 is 0. The summed E-state index contributed by atoms with van der Waals surface area (Å²) in [5.41, 5.74) is 0.982. The molecule has 1 aromatic carbocycles. The van der Waals surface area contributed by atoms with Gasteiger partial charge in [-0.15, -0.1) is 0 Å². The molecule has 0 spiro atoms. The van der Waals surface area contributed by atoms with Crippen LogP contribution in [-0.4, -0.2) is 46.0 Å². The number of rotatable bonds is 11. The summed E-state index contributed by atoms with van der Waals surface area (Å²) in [6.45, 7) is 6.21. The Kier molecular flexibility index (Phi) is 10.8. The number of aliphatic imine (C=N–C) groups is 1. The first-order chi connectivity index (χ1) is 11.3. The molecule has 0 amide bonds. The first-order valence-corrected chi connectivity index (χ1v) is 8.09. The average molecular weight is 325 g/mol. The minimum Gasteiger partial charge on any atom is -0.382 e. The van der Waals surface area contributed by atoms with Crippen LogP contribution in [0, 0.1) is 5.82 Å². The van der Waals surface area contributed by atoms with Crippen molar-refractivity contribution in [2.45, 2.75) is 26.3 Å². The van der Waals surface area contributed by atoms with Gasteiger partial charge in [-0.2, -0.15) is 0 Å². The van der Waals surface area contributed by atoms with Gasteiger partial charge < -0.3 is 20.1 Å². The van der Waals surface area contributed by atoms with Crippen LogP contribution in [0.1, 0.15) is 25.3 Å². The fraction of sp³-hybridized carbons (Fsp3) is 0.588. The van der Waals surface area contributed by atoms with Crippen molar-refractivity contribution in [1.82, 2.24) is 10.6 Å². The van der Waals surface area contributed by atoms with Gasteiger partial charge in [0.2, 0.25) is 0 Å². The fourth-order valence-corrected chi connectivity index (χ4v) is 1.88. The minimum atomic E-state index is -0.226. The SMILES string of the molecule is CCNC(=NCc1ccc(F)cc1)NCCCCOCCOC. The molecule has 0 heterocycles. The van der Waals surface area contributed by atoms with E-state index in [0.29, 0.717) is 19.8 Å². The standard InChI is InChI=1S/C17H28FN3O2/c1-3-19-17(20-10-4-5-11-23-13-12-22-2)21-14-15-6-8-16(18)9-7-15/h6-9H,3-5,10-14H2,1-2H3,(H2,19,20,21). The number of ether oxygens (including phenoxy) is 2. The van der Waals surface area contributed by atoms with E-state index in [1.807, 2.05) is 6.92 Å². The second-order valence-electron chi connectivity index (χ2n) is 5.06. The van der Waals surface area contributed by atoms with Crippen molar-refractivity contribution in [2.75, 3.05) is 40.0 Å². The number of nitrogens with one attached hydrogen (secondary N) is 2. The highest BCUT2D eigenvalue weighted by molar-refractivity contribution is 5.79. The van der Waals surface area contributed by atoms with E-state index in [9.17, 15) is 4.39 Å². The molecule has 0 fully saturated rings. The van der Waals surface area contributed by atoms with Crippen LogP contribution in [0.4, 0.5) is 4.39 Å². The summed E-state index contributed by atoms with van der Waals surface area (Å²) in [5, 5.41) is 6.49. The maximum absolute atomic E-state index is 12.9. The Bertz CT molecular complexity index is 438. The molecule has 23 heavy (non-hydrogen) atoms. The van der Waals surface area contributed by atoms with Crippen molar-refractivity contribution in [3.63, 3.8) is 0 Å². The van der Waals surface area contributed by atoms with Crippen LogP contribution in [0.2, 0.25) is 0 Å². The van der Waals surface area contributed by atoms with E-state index < -0.39 is 0 Å². The number of unbranched alkanes of at least 4 members (excludes halogenated alkanes) is 1. The molecule has 130 valence electrons. The van der Waals surface area contributed by atoms with Crippen LogP contribution in [0.5, 0.6) is 0 Å². The molecule has 0 aliphatic heterocycles. The predicted molar refractivity (Wildman–Crippen MR) is 91.1 cm³/mol. The molecule has 2 N–H and O–H groups in total. The molecule has 0 atom stereocenters. The van der Waals surface area contributed by atoms with Gasteiger partial charge in [-0.1, -0.05) is 12.1 Å². The molecular formula is C17H28FN3O2. The number of hydrogen-bond donors (Lipinski definition) is 2. The molecule has 0 bridgehead atoms. The maximum atomic E-state index is 12.9. The Morgan fingerprint density at radius 1 is 1.09 bits per heavy atom. The van der Waals surface area contributed by atoms with Crippen molar-refractivity contribution in [3.8, 4) is 0 Å². The van der Waals surface area contributed by atoms with Crippen LogP contribution in [0.25, 0.3) is 0 Å². The zero-order valence-corrected chi connectivity index (χ0v) is 14.1. The summed E-state index contributed by atoms with van der Waals surface area (Å²) in [6, 6.07) is 6.41. The van der Waals surface area contributed by atoms with E-state index in [1.165, 1.54) is 12.1 Å². The Labute approximate surface area is 138 Å². The fourth-order valence-electron chi connectivity index (χ4n) is 1.88. The number of nitrogens with zero attached hydrogens (tertiary/aromatic N) is 1. The highest BCUT2D eigenvalue weighted by Crippen LogP contribution is 2.03. The van der Waals surface area contributed by atoms with Crippen LogP contribution in [-0.2, 0) is 16.0 Å². The molecule has 0 unspecified atom stereocenters. The van der Waals surface area contributed by atoms with E-state index in [1.54, 1.807) is 19.2 Å². The molecule has 1 rings (SSSR count). The average Bonchev–Trinajstić information content (AvgIpc) is 2.56.